The van der Waals surface area contributed by atoms with Crippen molar-refractivity contribution < 1.29 is 8.42 Å². The minimum absolute atomic E-state index is 0.0233. The van der Waals surface area contributed by atoms with Gasteiger partial charge in [0.05, 0.1) is 12.2 Å². The van der Waals surface area contributed by atoms with Crippen LogP contribution in [-0.4, -0.2) is 28.6 Å². The van der Waals surface area contributed by atoms with E-state index < -0.39 is 10.0 Å². The quantitative estimate of drug-likeness (QED) is 0.850. The fourth-order valence-corrected chi connectivity index (χ4v) is 3.63. The Morgan fingerprint density at radius 2 is 2.11 bits per heavy atom. The Bertz CT molecular complexity index is 756. The van der Waals surface area contributed by atoms with Gasteiger partial charge in [0.1, 0.15) is 21.3 Å². The Kier molecular flexibility index (Phi) is 3.00. The van der Waals surface area contributed by atoms with Crippen molar-refractivity contribution in [2.45, 2.75) is 11.4 Å². The molecule has 0 radical (unpaired) electrons. The second kappa shape index (κ2) is 4.55. The zero-order chi connectivity index (χ0) is 13.5. The number of benzene rings is 1. The van der Waals surface area contributed by atoms with Gasteiger partial charge in [-0.1, -0.05) is 28.2 Å². The molecule has 0 spiro atoms. The molecule has 0 atom stereocenters. The fourth-order valence-electron chi connectivity index (χ4n) is 1.66. The van der Waals surface area contributed by atoms with Gasteiger partial charge in [-0.15, -0.1) is 5.10 Å². The number of fused-ring (bicyclic) bond motifs is 1. The summed E-state index contributed by atoms with van der Waals surface area (Å²) in [6, 6.07) is 6.57. The Morgan fingerprint density at radius 3 is 2.84 bits per heavy atom. The van der Waals surface area contributed by atoms with E-state index in [0.717, 1.165) is 15.8 Å². The summed E-state index contributed by atoms with van der Waals surface area (Å²) in [7, 11) is -3.61. The third-order valence-corrected chi connectivity index (χ3v) is 5.32. The van der Waals surface area contributed by atoms with E-state index in [1.807, 2.05) is 0 Å². The first-order valence-corrected chi connectivity index (χ1v) is 7.80. The van der Waals surface area contributed by atoms with Crippen LogP contribution >= 0.6 is 23.1 Å². The van der Waals surface area contributed by atoms with Crippen LogP contribution in [0.1, 0.15) is 5.69 Å². The summed E-state index contributed by atoms with van der Waals surface area (Å²) in [5.74, 6) is 0. The summed E-state index contributed by atoms with van der Waals surface area (Å²) in [5.41, 5.74) is 0.849. The largest absolute Gasteiger partial charge is 0.267 e. The van der Waals surface area contributed by atoms with Gasteiger partial charge in [-0.25, -0.2) is 17.7 Å². The van der Waals surface area contributed by atoms with Gasteiger partial charge in [-0.05, 0) is 12.1 Å². The summed E-state index contributed by atoms with van der Waals surface area (Å²) in [4.78, 5) is 4.29. The van der Waals surface area contributed by atoms with E-state index >= 15 is 0 Å². The SMILES string of the molecule is O=S1(=O)c2ccccc2N=CN1Cc1nnsc1Cl. The van der Waals surface area contributed by atoms with E-state index in [-0.39, 0.29) is 11.4 Å². The van der Waals surface area contributed by atoms with Crippen molar-refractivity contribution in [3.63, 3.8) is 0 Å². The Balaban J connectivity index is 2.01. The normalized spacial score (nSPS) is 16.4. The maximum atomic E-state index is 12.4. The molecular weight excluding hydrogens is 308 g/mol. The van der Waals surface area contributed by atoms with Gasteiger partial charge in [0, 0.05) is 11.5 Å². The standard InChI is InChI=1S/C10H7ClN4O2S2/c11-10-8(13-14-18-10)5-15-6-12-7-3-1-2-4-9(7)19(15,16)17/h1-4,6H,5H2. The highest BCUT2D eigenvalue weighted by molar-refractivity contribution is 7.89. The van der Waals surface area contributed by atoms with Crippen LogP contribution in [-0.2, 0) is 16.6 Å². The summed E-state index contributed by atoms with van der Waals surface area (Å²) in [5, 5.41) is 3.80. The number of para-hydroxylation sites is 1. The van der Waals surface area contributed by atoms with Crippen LogP contribution in [0, 0.1) is 0 Å². The monoisotopic (exact) mass is 314 g/mol. The molecule has 0 saturated carbocycles. The molecule has 6 nitrogen and oxygen atoms in total. The van der Waals surface area contributed by atoms with E-state index in [1.54, 1.807) is 18.2 Å². The second-order valence-corrected chi connectivity index (χ2v) is 6.97. The second-order valence-electron chi connectivity index (χ2n) is 3.76. The van der Waals surface area contributed by atoms with Gasteiger partial charge in [-0.3, -0.25) is 0 Å². The molecule has 1 aliphatic rings. The number of halogens is 1. The zero-order valence-corrected chi connectivity index (χ0v) is 11.8. The minimum Gasteiger partial charge on any atom is -0.250 e. The zero-order valence-electron chi connectivity index (χ0n) is 9.39. The topological polar surface area (TPSA) is 75.5 Å². The maximum absolute atomic E-state index is 12.4. The molecule has 1 aromatic heterocycles. The molecule has 98 valence electrons. The van der Waals surface area contributed by atoms with Crippen LogP contribution in [0.15, 0.2) is 34.2 Å². The number of hydrogen-bond donors (Lipinski definition) is 0. The minimum atomic E-state index is -3.61. The molecule has 0 amide bonds. The summed E-state index contributed by atoms with van der Waals surface area (Å²) >= 11 is 6.90. The molecule has 2 heterocycles. The molecule has 0 bridgehead atoms. The molecule has 1 aliphatic heterocycles. The number of aromatic nitrogens is 2. The highest BCUT2D eigenvalue weighted by atomic mass is 35.5. The van der Waals surface area contributed by atoms with Gasteiger partial charge >= 0.3 is 0 Å². The Labute approximate surface area is 118 Å². The van der Waals surface area contributed by atoms with E-state index in [9.17, 15) is 8.42 Å². The number of hydrogen-bond acceptors (Lipinski definition) is 6. The Hall–Kier alpha value is -1.51. The molecule has 19 heavy (non-hydrogen) atoms. The van der Waals surface area contributed by atoms with Crippen LogP contribution in [0.3, 0.4) is 0 Å². The summed E-state index contributed by atoms with van der Waals surface area (Å²) < 4.78 is 29.9. The number of nitrogens with zero attached hydrogens (tertiary/aromatic N) is 4. The molecule has 0 N–H and O–H groups in total. The highest BCUT2D eigenvalue weighted by Crippen LogP contribution is 2.31. The van der Waals surface area contributed by atoms with E-state index in [0.29, 0.717) is 15.7 Å². The smallest absolute Gasteiger partial charge is 0.250 e. The number of rotatable bonds is 2. The molecule has 0 unspecified atom stereocenters. The molecule has 2 aromatic rings. The molecule has 0 saturated heterocycles. The van der Waals surface area contributed by atoms with Crippen molar-refractivity contribution in [2.75, 3.05) is 0 Å². The van der Waals surface area contributed by atoms with Crippen LogP contribution in [0.4, 0.5) is 5.69 Å². The predicted octanol–water partition coefficient (Wildman–Crippen LogP) is 2.06. The summed E-state index contributed by atoms with van der Waals surface area (Å²) in [6.45, 7) is 0.0233. The number of sulfonamides is 1. The lowest BCUT2D eigenvalue weighted by molar-refractivity contribution is 0.518. The lowest BCUT2D eigenvalue weighted by Crippen LogP contribution is -2.31. The van der Waals surface area contributed by atoms with Crippen LogP contribution in [0.2, 0.25) is 4.34 Å². The average Bonchev–Trinajstić information content (AvgIpc) is 2.79. The van der Waals surface area contributed by atoms with Gasteiger partial charge in [-0.2, -0.15) is 0 Å². The predicted molar refractivity (Wildman–Crippen MR) is 72.2 cm³/mol. The van der Waals surface area contributed by atoms with E-state index in [4.69, 9.17) is 11.6 Å². The van der Waals surface area contributed by atoms with Crippen molar-refractivity contribution in [1.29, 1.82) is 0 Å². The van der Waals surface area contributed by atoms with E-state index in [1.165, 1.54) is 12.4 Å². The molecule has 3 rings (SSSR count). The van der Waals surface area contributed by atoms with Crippen molar-refractivity contribution in [1.82, 2.24) is 13.9 Å². The van der Waals surface area contributed by atoms with Gasteiger partial charge in [0.25, 0.3) is 10.0 Å². The third kappa shape index (κ3) is 2.11. The lowest BCUT2D eigenvalue weighted by atomic mass is 10.3. The average molecular weight is 315 g/mol. The fraction of sp³-hybridized carbons (Fsp3) is 0.100. The van der Waals surface area contributed by atoms with Crippen LogP contribution in [0.5, 0.6) is 0 Å². The molecule has 0 fully saturated rings. The number of aliphatic imine (C=N–C) groups is 1. The third-order valence-electron chi connectivity index (χ3n) is 2.59. The van der Waals surface area contributed by atoms with Crippen molar-refractivity contribution in [3.8, 4) is 0 Å². The van der Waals surface area contributed by atoms with Crippen LogP contribution < -0.4 is 0 Å². The molecule has 9 heteroatoms. The first-order chi connectivity index (χ1) is 9.09. The molecule has 0 aliphatic carbocycles. The van der Waals surface area contributed by atoms with E-state index in [2.05, 4.69) is 14.6 Å². The lowest BCUT2D eigenvalue weighted by Gasteiger charge is -2.23. The van der Waals surface area contributed by atoms with Gasteiger partial charge in [0.15, 0.2) is 0 Å². The van der Waals surface area contributed by atoms with Gasteiger partial charge in [0.2, 0.25) is 0 Å². The summed E-state index contributed by atoms with van der Waals surface area (Å²) in [6.07, 6.45) is 1.27. The first kappa shape index (κ1) is 12.5. The highest BCUT2D eigenvalue weighted by Gasteiger charge is 2.29. The van der Waals surface area contributed by atoms with Crippen molar-refractivity contribution >= 4 is 45.2 Å². The Morgan fingerprint density at radius 1 is 1.32 bits per heavy atom. The maximum Gasteiger partial charge on any atom is 0.267 e. The molecule has 1 aromatic carbocycles. The van der Waals surface area contributed by atoms with Crippen LogP contribution in [0.25, 0.3) is 0 Å². The van der Waals surface area contributed by atoms with Gasteiger partial charge < -0.3 is 0 Å². The van der Waals surface area contributed by atoms with Crippen molar-refractivity contribution in [2.24, 2.45) is 4.99 Å². The van der Waals surface area contributed by atoms with Crippen molar-refractivity contribution in [3.05, 3.63) is 34.3 Å². The molecular formula is C10H7ClN4O2S2. The first-order valence-electron chi connectivity index (χ1n) is 5.21.